The van der Waals surface area contributed by atoms with Crippen molar-refractivity contribution in [3.8, 4) is 0 Å². The molecule has 1 atom stereocenters. The van der Waals surface area contributed by atoms with Gasteiger partial charge in [-0.05, 0) is 44.3 Å². The molecule has 0 bridgehead atoms. The molecule has 1 unspecified atom stereocenters. The van der Waals surface area contributed by atoms with Gasteiger partial charge in [-0.15, -0.1) is 0 Å². The summed E-state index contributed by atoms with van der Waals surface area (Å²) in [7, 11) is 0. The van der Waals surface area contributed by atoms with Crippen LogP contribution in [0.15, 0.2) is 30.3 Å². The first kappa shape index (κ1) is 14.6. The number of nitrogens with one attached hydrogen (secondary N) is 1. The summed E-state index contributed by atoms with van der Waals surface area (Å²) in [4.78, 5) is 14.9. The van der Waals surface area contributed by atoms with Crippen molar-refractivity contribution < 1.29 is 4.79 Å². The van der Waals surface area contributed by atoms with Gasteiger partial charge in [0, 0.05) is 24.4 Å². The number of piperidine rings is 2. The van der Waals surface area contributed by atoms with Crippen molar-refractivity contribution in [2.45, 2.75) is 38.0 Å². The van der Waals surface area contributed by atoms with Crippen LogP contribution in [0.2, 0.25) is 0 Å². The van der Waals surface area contributed by atoms with Crippen LogP contribution in [0.1, 0.15) is 38.2 Å². The lowest BCUT2D eigenvalue weighted by Crippen LogP contribution is -2.50. The van der Waals surface area contributed by atoms with E-state index in [2.05, 4.69) is 47.5 Å². The summed E-state index contributed by atoms with van der Waals surface area (Å²) in [6, 6.07) is 10.7. The molecule has 2 aliphatic rings. The Balaban J connectivity index is 1.72. The Morgan fingerprint density at radius 1 is 1.24 bits per heavy atom. The molecule has 1 amide bonds. The minimum absolute atomic E-state index is 0.113. The summed E-state index contributed by atoms with van der Waals surface area (Å²) in [6.45, 7) is 6.09. The van der Waals surface area contributed by atoms with Crippen LogP contribution < -0.4 is 5.32 Å². The first-order valence-corrected chi connectivity index (χ1v) is 8.24. The van der Waals surface area contributed by atoms with Gasteiger partial charge in [0.25, 0.3) is 0 Å². The van der Waals surface area contributed by atoms with E-state index in [-0.39, 0.29) is 11.3 Å². The molecule has 1 aromatic carbocycles. The number of amides is 1. The van der Waals surface area contributed by atoms with E-state index in [1.807, 2.05) is 0 Å². The van der Waals surface area contributed by atoms with E-state index in [0.29, 0.717) is 5.91 Å². The number of benzene rings is 1. The molecule has 2 aliphatic heterocycles. The van der Waals surface area contributed by atoms with E-state index in [9.17, 15) is 4.79 Å². The summed E-state index contributed by atoms with van der Waals surface area (Å²) in [5, 5.41) is 3.34. The minimum Gasteiger partial charge on any atom is -0.342 e. The summed E-state index contributed by atoms with van der Waals surface area (Å²) < 4.78 is 0. The normalized spacial score (nSPS) is 27.6. The van der Waals surface area contributed by atoms with Crippen molar-refractivity contribution in [2.24, 2.45) is 5.92 Å². The SMILES string of the molecule is CC1(c2ccccc2)CCCN(C(=O)C2CCNCC2)C1. The Bertz CT molecular complexity index is 481. The van der Waals surface area contributed by atoms with Crippen LogP contribution in [-0.2, 0) is 10.2 Å². The zero-order valence-corrected chi connectivity index (χ0v) is 13.0. The second-order valence-electron chi connectivity index (χ2n) is 6.81. The quantitative estimate of drug-likeness (QED) is 0.906. The topological polar surface area (TPSA) is 32.3 Å². The lowest BCUT2D eigenvalue weighted by atomic mass is 9.75. The van der Waals surface area contributed by atoms with Gasteiger partial charge in [-0.1, -0.05) is 37.3 Å². The molecule has 2 saturated heterocycles. The van der Waals surface area contributed by atoms with Crippen LogP contribution >= 0.6 is 0 Å². The summed E-state index contributed by atoms with van der Waals surface area (Å²) >= 11 is 0. The Kier molecular flexibility index (Phi) is 4.29. The second-order valence-corrected chi connectivity index (χ2v) is 6.81. The molecule has 3 nitrogen and oxygen atoms in total. The maximum atomic E-state index is 12.8. The van der Waals surface area contributed by atoms with E-state index in [1.165, 1.54) is 12.0 Å². The van der Waals surface area contributed by atoms with Crippen LogP contribution in [0, 0.1) is 5.92 Å². The first-order chi connectivity index (χ1) is 10.2. The molecule has 3 rings (SSSR count). The van der Waals surface area contributed by atoms with Crippen LogP contribution in [0.3, 0.4) is 0 Å². The fourth-order valence-corrected chi connectivity index (χ4v) is 3.83. The third-order valence-corrected chi connectivity index (χ3v) is 5.17. The monoisotopic (exact) mass is 286 g/mol. The highest BCUT2D eigenvalue weighted by atomic mass is 16.2. The number of rotatable bonds is 2. The number of carbonyl (C=O) groups is 1. The number of hydrogen-bond donors (Lipinski definition) is 1. The highest BCUT2D eigenvalue weighted by Crippen LogP contribution is 2.34. The maximum absolute atomic E-state index is 12.8. The molecule has 0 aromatic heterocycles. The Hall–Kier alpha value is -1.35. The molecule has 21 heavy (non-hydrogen) atoms. The van der Waals surface area contributed by atoms with Crippen molar-refractivity contribution in [3.63, 3.8) is 0 Å². The highest BCUT2D eigenvalue weighted by molar-refractivity contribution is 5.79. The lowest BCUT2D eigenvalue weighted by molar-refractivity contribution is -0.138. The molecule has 1 aromatic rings. The third-order valence-electron chi connectivity index (χ3n) is 5.17. The Morgan fingerprint density at radius 2 is 1.95 bits per heavy atom. The van der Waals surface area contributed by atoms with Crippen molar-refractivity contribution in [3.05, 3.63) is 35.9 Å². The molecule has 114 valence electrons. The lowest BCUT2D eigenvalue weighted by Gasteiger charge is -2.42. The van der Waals surface area contributed by atoms with Crippen LogP contribution in [0.4, 0.5) is 0 Å². The molecule has 0 radical (unpaired) electrons. The molecule has 0 aliphatic carbocycles. The largest absolute Gasteiger partial charge is 0.342 e. The highest BCUT2D eigenvalue weighted by Gasteiger charge is 2.36. The fraction of sp³-hybridized carbons (Fsp3) is 0.611. The standard InChI is InChI=1S/C18H26N2O/c1-18(16-6-3-2-4-7-16)10-5-13-20(14-18)17(21)15-8-11-19-12-9-15/h2-4,6-7,15,19H,5,8-14H2,1H3. The fourth-order valence-electron chi connectivity index (χ4n) is 3.83. The van der Waals surface area contributed by atoms with Crippen LogP contribution in [0.5, 0.6) is 0 Å². The molecule has 2 heterocycles. The molecule has 0 saturated carbocycles. The van der Waals surface area contributed by atoms with Gasteiger partial charge < -0.3 is 10.2 Å². The van der Waals surface area contributed by atoms with Gasteiger partial charge in [0.2, 0.25) is 5.91 Å². The van der Waals surface area contributed by atoms with E-state index >= 15 is 0 Å². The molecular weight excluding hydrogens is 260 g/mol. The smallest absolute Gasteiger partial charge is 0.225 e. The number of likely N-dealkylation sites (tertiary alicyclic amines) is 1. The molecule has 3 heteroatoms. The molecule has 0 spiro atoms. The minimum atomic E-state index is 0.113. The molecule has 2 fully saturated rings. The zero-order chi connectivity index (χ0) is 14.7. The summed E-state index contributed by atoms with van der Waals surface area (Å²) in [6.07, 6.45) is 4.28. The van der Waals surface area contributed by atoms with Crippen molar-refractivity contribution in [1.29, 1.82) is 0 Å². The average molecular weight is 286 g/mol. The van der Waals surface area contributed by atoms with Gasteiger partial charge in [0.05, 0.1) is 0 Å². The van der Waals surface area contributed by atoms with E-state index in [0.717, 1.165) is 45.4 Å². The first-order valence-electron chi connectivity index (χ1n) is 8.24. The van der Waals surface area contributed by atoms with Gasteiger partial charge in [0.1, 0.15) is 0 Å². The van der Waals surface area contributed by atoms with Crippen molar-refractivity contribution in [2.75, 3.05) is 26.2 Å². The number of nitrogens with zero attached hydrogens (tertiary/aromatic N) is 1. The van der Waals surface area contributed by atoms with Crippen LogP contribution in [0.25, 0.3) is 0 Å². The average Bonchev–Trinajstić information content (AvgIpc) is 2.56. The number of hydrogen-bond acceptors (Lipinski definition) is 2. The van der Waals surface area contributed by atoms with E-state index in [1.54, 1.807) is 0 Å². The van der Waals surface area contributed by atoms with E-state index < -0.39 is 0 Å². The van der Waals surface area contributed by atoms with Crippen molar-refractivity contribution >= 4 is 5.91 Å². The van der Waals surface area contributed by atoms with Crippen molar-refractivity contribution in [1.82, 2.24) is 10.2 Å². The zero-order valence-electron chi connectivity index (χ0n) is 13.0. The van der Waals surface area contributed by atoms with E-state index in [4.69, 9.17) is 0 Å². The van der Waals surface area contributed by atoms with Gasteiger partial charge >= 0.3 is 0 Å². The van der Waals surface area contributed by atoms with Crippen LogP contribution in [-0.4, -0.2) is 37.0 Å². The number of carbonyl (C=O) groups excluding carboxylic acids is 1. The van der Waals surface area contributed by atoms with Gasteiger partial charge in [-0.2, -0.15) is 0 Å². The van der Waals surface area contributed by atoms with Gasteiger partial charge in [-0.25, -0.2) is 0 Å². The maximum Gasteiger partial charge on any atom is 0.225 e. The Morgan fingerprint density at radius 3 is 2.67 bits per heavy atom. The predicted octanol–water partition coefficient (Wildman–Crippen LogP) is 2.57. The second kappa shape index (κ2) is 6.18. The van der Waals surface area contributed by atoms with Gasteiger partial charge in [-0.3, -0.25) is 4.79 Å². The summed E-state index contributed by atoms with van der Waals surface area (Å²) in [5.74, 6) is 0.628. The molecule has 1 N–H and O–H groups in total. The molecular formula is C18H26N2O. The third kappa shape index (κ3) is 3.13. The Labute approximate surface area is 127 Å². The van der Waals surface area contributed by atoms with Gasteiger partial charge in [0.15, 0.2) is 0 Å². The predicted molar refractivity (Wildman–Crippen MR) is 85.2 cm³/mol. The summed E-state index contributed by atoms with van der Waals surface area (Å²) in [5.41, 5.74) is 1.48.